The number of nitrogen functional groups attached to an aromatic ring is 1. The standard InChI is InChI=1S/C11H20N4/c1-5-6-11(3,4)15-10-7-9(12)13-8(2)14-10/h7H,5-6H2,1-4H3,(H3,12,13,14,15). The number of nitrogens with zero attached hydrogens (tertiary/aromatic N) is 2. The predicted molar refractivity (Wildman–Crippen MR) is 63.8 cm³/mol. The highest BCUT2D eigenvalue weighted by Gasteiger charge is 2.16. The molecule has 0 aromatic carbocycles. The lowest BCUT2D eigenvalue weighted by Crippen LogP contribution is -2.31. The van der Waals surface area contributed by atoms with Gasteiger partial charge in [-0.25, -0.2) is 9.97 Å². The van der Waals surface area contributed by atoms with Crippen molar-refractivity contribution in [1.29, 1.82) is 0 Å². The molecule has 0 spiro atoms. The molecule has 1 rings (SSSR count). The average Bonchev–Trinajstić information content (AvgIpc) is 1.99. The van der Waals surface area contributed by atoms with Crippen molar-refractivity contribution in [2.75, 3.05) is 11.1 Å². The van der Waals surface area contributed by atoms with E-state index in [9.17, 15) is 0 Å². The molecule has 3 N–H and O–H groups in total. The maximum atomic E-state index is 5.66. The summed E-state index contributed by atoms with van der Waals surface area (Å²) in [6, 6.07) is 1.77. The van der Waals surface area contributed by atoms with Crippen molar-refractivity contribution in [2.45, 2.75) is 46.1 Å². The highest BCUT2D eigenvalue weighted by molar-refractivity contribution is 5.45. The van der Waals surface area contributed by atoms with Gasteiger partial charge in [-0.15, -0.1) is 0 Å². The highest BCUT2D eigenvalue weighted by atomic mass is 15.1. The van der Waals surface area contributed by atoms with E-state index < -0.39 is 0 Å². The molecule has 0 aliphatic heterocycles. The van der Waals surface area contributed by atoms with Crippen molar-refractivity contribution in [3.63, 3.8) is 0 Å². The van der Waals surface area contributed by atoms with Crippen LogP contribution in [-0.2, 0) is 0 Å². The zero-order valence-electron chi connectivity index (χ0n) is 9.96. The molecule has 0 atom stereocenters. The van der Waals surface area contributed by atoms with Crippen LogP contribution >= 0.6 is 0 Å². The molecule has 0 unspecified atom stereocenters. The number of anilines is 2. The number of aromatic nitrogens is 2. The molecule has 1 aromatic rings. The fourth-order valence-electron chi connectivity index (χ4n) is 1.69. The maximum Gasteiger partial charge on any atom is 0.132 e. The van der Waals surface area contributed by atoms with E-state index in [4.69, 9.17) is 5.73 Å². The number of aryl methyl sites for hydroxylation is 1. The van der Waals surface area contributed by atoms with Gasteiger partial charge < -0.3 is 11.1 Å². The lowest BCUT2D eigenvalue weighted by molar-refractivity contribution is 0.509. The van der Waals surface area contributed by atoms with E-state index in [2.05, 4.69) is 36.1 Å². The quantitative estimate of drug-likeness (QED) is 0.797. The number of hydrogen-bond donors (Lipinski definition) is 2. The Labute approximate surface area is 91.3 Å². The summed E-state index contributed by atoms with van der Waals surface area (Å²) in [4.78, 5) is 8.34. The van der Waals surface area contributed by atoms with Crippen LogP contribution in [0, 0.1) is 6.92 Å². The van der Waals surface area contributed by atoms with E-state index in [1.165, 1.54) is 0 Å². The van der Waals surface area contributed by atoms with Gasteiger partial charge >= 0.3 is 0 Å². The van der Waals surface area contributed by atoms with Crippen LogP contribution in [0.3, 0.4) is 0 Å². The summed E-state index contributed by atoms with van der Waals surface area (Å²) in [5, 5.41) is 3.37. The minimum atomic E-state index is 0.0436. The summed E-state index contributed by atoms with van der Waals surface area (Å²) in [7, 11) is 0. The van der Waals surface area contributed by atoms with Crippen LogP contribution in [-0.4, -0.2) is 15.5 Å². The number of nitrogens with one attached hydrogen (secondary N) is 1. The molecule has 4 heteroatoms. The third-order valence-corrected chi connectivity index (χ3v) is 2.20. The molecule has 84 valence electrons. The van der Waals surface area contributed by atoms with E-state index in [1.807, 2.05) is 6.92 Å². The van der Waals surface area contributed by atoms with E-state index in [0.29, 0.717) is 11.6 Å². The summed E-state index contributed by atoms with van der Waals surface area (Å²) in [5.74, 6) is 2.01. The van der Waals surface area contributed by atoms with Crippen molar-refractivity contribution < 1.29 is 0 Å². The first-order valence-electron chi connectivity index (χ1n) is 5.32. The fraction of sp³-hybridized carbons (Fsp3) is 0.636. The van der Waals surface area contributed by atoms with Crippen LogP contribution in [0.1, 0.15) is 39.4 Å². The molecule has 0 aliphatic rings. The van der Waals surface area contributed by atoms with Gasteiger partial charge in [0.25, 0.3) is 0 Å². The second-order valence-electron chi connectivity index (χ2n) is 4.48. The SMILES string of the molecule is CCCC(C)(C)Nc1cc(N)nc(C)n1. The molecule has 1 heterocycles. The zero-order chi connectivity index (χ0) is 11.5. The first-order valence-corrected chi connectivity index (χ1v) is 5.32. The van der Waals surface area contributed by atoms with Crippen LogP contribution in [0.15, 0.2) is 6.07 Å². The van der Waals surface area contributed by atoms with Gasteiger partial charge in [0.2, 0.25) is 0 Å². The molecule has 0 amide bonds. The van der Waals surface area contributed by atoms with Gasteiger partial charge in [0.15, 0.2) is 0 Å². The summed E-state index contributed by atoms with van der Waals surface area (Å²) >= 11 is 0. The molecule has 0 fully saturated rings. The number of nitrogens with two attached hydrogens (primary N) is 1. The normalized spacial score (nSPS) is 11.5. The van der Waals surface area contributed by atoms with Gasteiger partial charge in [-0.05, 0) is 27.2 Å². The second-order valence-corrected chi connectivity index (χ2v) is 4.48. The van der Waals surface area contributed by atoms with E-state index in [-0.39, 0.29) is 5.54 Å². The van der Waals surface area contributed by atoms with Gasteiger partial charge in [-0.3, -0.25) is 0 Å². The molecule has 0 saturated heterocycles. The monoisotopic (exact) mass is 208 g/mol. The first kappa shape index (κ1) is 11.8. The van der Waals surface area contributed by atoms with Crippen molar-refractivity contribution in [3.05, 3.63) is 11.9 Å². The fourth-order valence-corrected chi connectivity index (χ4v) is 1.69. The Bertz CT molecular complexity index is 313. The van der Waals surface area contributed by atoms with Crippen molar-refractivity contribution in [1.82, 2.24) is 9.97 Å². The third kappa shape index (κ3) is 3.73. The van der Waals surface area contributed by atoms with Gasteiger partial charge in [0, 0.05) is 11.6 Å². The summed E-state index contributed by atoms with van der Waals surface area (Å²) in [5.41, 5.74) is 5.70. The zero-order valence-corrected chi connectivity index (χ0v) is 9.96. The minimum Gasteiger partial charge on any atom is -0.384 e. The Kier molecular flexibility index (Phi) is 3.50. The van der Waals surface area contributed by atoms with E-state index in [0.717, 1.165) is 18.7 Å². The molecule has 1 aromatic heterocycles. The van der Waals surface area contributed by atoms with Crippen LogP contribution in [0.4, 0.5) is 11.6 Å². The molecular weight excluding hydrogens is 188 g/mol. The van der Waals surface area contributed by atoms with Crippen molar-refractivity contribution in [2.24, 2.45) is 0 Å². The molecule has 15 heavy (non-hydrogen) atoms. The smallest absolute Gasteiger partial charge is 0.132 e. The van der Waals surface area contributed by atoms with Crippen LogP contribution in [0.5, 0.6) is 0 Å². The summed E-state index contributed by atoms with van der Waals surface area (Å²) < 4.78 is 0. The summed E-state index contributed by atoms with van der Waals surface area (Å²) in [6.45, 7) is 8.33. The van der Waals surface area contributed by atoms with E-state index >= 15 is 0 Å². The molecule has 0 bridgehead atoms. The van der Waals surface area contributed by atoms with Crippen LogP contribution < -0.4 is 11.1 Å². The Hall–Kier alpha value is -1.32. The number of rotatable bonds is 4. The topological polar surface area (TPSA) is 63.8 Å². The molecule has 4 nitrogen and oxygen atoms in total. The van der Waals surface area contributed by atoms with Gasteiger partial charge in [0.1, 0.15) is 17.5 Å². The van der Waals surface area contributed by atoms with Crippen LogP contribution in [0.2, 0.25) is 0 Å². The molecule has 0 aliphatic carbocycles. The predicted octanol–water partition coefficient (Wildman–Crippen LogP) is 2.36. The third-order valence-electron chi connectivity index (χ3n) is 2.20. The Morgan fingerprint density at radius 2 is 2.07 bits per heavy atom. The van der Waals surface area contributed by atoms with Gasteiger partial charge in [0.05, 0.1) is 0 Å². The van der Waals surface area contributed by atoms with Crippen molar-refractivity contribution in [3.8, 4) is 0 Å². The average molecular weight is 208 g/mol. The van der Waals surface area contributed by atoms with Gasteiger partial charge in [-0.1, -0.05) is 13.3 Å². The highest BCUT2D eigenvalue weighted by Crippen LogP contribution is 2.18. The Morgan fingerprint density at radius 1 is 1.40 bits per heavy atom. The Balaban J connectivity index is 2.80. The largest absolute Gasteiger partial charge is 0.384 e. The van der Waals surface area contributed by atoms with Gasteiger partial charge in [-0.2, -0.15) is 0 Å². The van der Waals surface area contributed by atoms with E-state index in [1.54, 1.807) is 6.07 Å². The first-order chi connectivity index (χ1) is 6.93. The lowest BCUT2D eigenvalue weighted by atomic mass is 9.99. The lowest BCUT2D eigenvalue weighted by Gasteiger charge is -2.26. The van der Waals surface area contributed by atoms with Crippen LogP contribution in [0.25, 0.3) is 0 Å². The second kappa shape index (κ2) is 4.47. The molecule has 0 saturated carbocycles. The molecular formula is C11H20N4. The molecule has 0 radical (unpaired) electrons. The Morgan fingerprint density at radius 3 is 2.60 bits per heavy atom. The number of hydrogen-bond acceptors (Lipinski definition) is 4. The maximum absolute atomic E-state index is 5.66. The minimum absolute atomic E-state index is 0.0436. The van der Waals surface area contributed by atoms with Crippen molar-refractivity contribution >= 4 is 11.6 Å². The summed E-state index contributed by atoms with van der Waals surface area (Å²) in [6.07, 6.45) is 2.23.